The van der Waals surface area contributed by atoms with Gasteiger partial charge in [0.1, 0.15) is 5.60 Å². The number of ether oxygens (including phenoxy) is 2. The van der Waals surface area contributed by atoms with Crippen molar-refractivity contribution in [1.82, 2.24) is 10.2 Å². The molecule has 1 aromatic carbocycles. The highest BCUT2D eigenvalue weighted by molar-refractivity contribution is 5.68. The number of rotatable bonds is 5. The van der Waals surface area contributed by atoms with E-state index in [1.807, 2.05) is 39.0 Å². The molecule has 1 fully saturated rings. The number of carbonyl (C=O) groups is 1. The van der Waals surface area contributed by atoms with Crippen LogP contribution in [0, 0.1) is 5.92 Å². The van der Waals surface area contributed by atoms with E-state index in [0.717, 1.165) is 19.5 Å². The molecule has 1 aliphatic heterocycles. The van der Waals surface area contributed by atoms with Gasteiger partial charge in [-0.3, -0.25) is 0 Å². The second-order valence-corrected chi connectivity index (χ2v) is 7.37. The molecular formula is C19H30N2O3. The molecule has 5 nitrogen and oxygen atoms in total. The Morgan fingerprint density at radius 3 is 2.62 bits per heavy atom. The first kappa shape index (κ1) is 18.7. The fourth-order valence-electron chi connectivity index (χ4n) is 2.96. The lowest BCUT2D eigenvalue weighted by atomic mass is 9.93. The van der Waals surface area contributed by atoms with Crippen LogP contribution in [0.1, 0.15) is 32.8 Å². The van der Waals surface area contributed by atoms with Crippen molar-refractivity contribution in [2.45, 2.75) is 45.4 Å². The van der Waals surface area contributed by atoms with E-state index >= 15 is 0 Å². The number of hydrogen-bond donors (Lipinski definition) is 1. The standard InChI is InChI=1S/C19H30N2O3/c1-19(2,3)24-18(22)21-11-10-16(17(14-21)23-4)13-20-12-15-8-6-5-7-9-15/h5-9,16-17,20H,10-14H2,1-4H3/t16-,17+/m1/s1. The van der Waals surface area contributed by atoms with Crippen molar-refractivity contribution in [3.05, 3.63) is 35.9 Å². The molecule has 1 heterocycles. The monoisotopic (exact) mass is 334 g/mol. The van der Waals surface area contributed by atoms with Crippen molar-refractivity contribution in [2.24, 2.45) is 5.92 Å². The summed E-state index contributed by atoms with van der Waals surface area (Å²) < 4.78 is 11.1. The molecule has 1 aliphatic rings. The molecule has 0 aliphatic carbocycles. The van der Waals surface area contributed by atoms with Gasteiger partial charge in [0, 0.05) is 32.7 Å². The van der Waals surface area contributed by atoms with Crippen LogP contribution >= 0.6 is 0 Å². The maximum absolute atomic E-state index is 12.2. The Labute approximate surface area is 145 Å². The normalized spacial score (nSPS) is 21.6. The van der Waals surface area contributed by atoms with Gasteiger partial charge in [0.15, 0.2) is 0 Å². The zero-order valence-corrected chi connectivity index (χ0v) is 15.2. The van der Waals surface area contributed by atoms with E-state index in [9.17, 15) is 4.79 Å². The number of benzene rings is 1. The fraction of sp³-hybridized carbons (Fsp3) is 0.632. The van der Waals surface area contributed by atoms with E-state index in [1.54, 1.807) is 12.0 Å². The summed E-state index contributed by atoms with van der Waals surface area (Å²) in [4.78, 5) is 14.0. The van der Waals surface area contributed by atoms with Gasteiger partial charge in [-0.25, -0.2) is 4.79 Å². The molecule has 0 radical (unpaired) electrons. The molecule has 1 saturated heterocycles. The van der Waals surface area contributed by atoms with Crippen molar-refractivity contribution in [2.75, 3.05) is 26.7 Å². The molecule has 5 heteroatoms. The molecule has 2 atom stereocenters. The molecule has 1 amide bonds. The van der Waals surface area contributed by atoms with Crippen LogP contribution in [-0.4, -0.2) is 49.4 Å². The van der Waals surface area contributed by atoms with E-state index in [4.69, 9.17) is 9.47 Å². The summed E-state index contributed by atoms with van der Waals surface area (Å²) in [5.74, 6) is 0.400. The number of methoxy groups -OCH3 is 1. The van der Waals surface area contributed by atoms with Crippen molar-refractivity contribution in [3.8, 4) is 0 Å². The van der Waals surface area contributed by atoms with Gasteiger partial charge >= 0.3 is 6.09 Å². The minimum Gasteiger partial charge on any atom is -0.444 e. The van der Waals surface area contributed by atoms with Crippen LogP contribution in [0.25, 0.3) is 0 Å². The van der Waals surface area contributed by atoms with Crippen LogP contribution in [0.5, 0.6) is 0 Å². The molecule has 24 heavy (non-hydrogen) atoms. The lowest BCUT2D eigenvalue weighted by Gasteiger charge is -2.38. The minimum absolute atomic E-state index is 0.0366. The van der Waals surface area contributed by atoms with Crippen molar-refractivity contribution in [3.63, 3.8) is 0 Å². The maximum Gasteiger partial charge on any atom is 0.410 e. The van der Waals surface area contributed by atoms with Gasteiger partial charge in [-0.2, -0.15) is 0 Å². The lowest BCUT2D eigenvalue weighted by Crippen LogP contribution is -2.50. The Kier molecular flexibility index (Phi) is 6.63. The van der Waals surface area contributed by atoms with Gasteiger partial charge in [0.25, 0.3) is 0 Å². The van der Waals surface area contributed by atoms with Crippen LogP contribution in [0.4, 0.5) is 4.79 Å². The number of likely N-dealkylation sites (tertiary alicyclic amines) is 1. The molecule has 134 valence electrons. The minimum atomic E-state index is -0.465. The van der Waals surface area contributed by atoms with Gasteiger partial charge in [-0.05, 0) is 32.8 Å². The molecule has 1 N–H and O–H groups in total. The summed E-state index contributed by atoms with van der Waals surface area (Å²) in [6.45, 7) is 8.70. The first-order valence-corrected chi connectivity index (χ1v) is 8.64. The van der Waals surface area contributed by atoms with Gasteiger partial charge in [-0.15, -0.1) is 0 Å². The largest absolute Gasteiger partial charge is 0.444 e. The Bertz CT molecular complexity index is 513. The zero-order chi connectivity index (χ0) is 17.6. The second kappa shape index (κ2) is 8.49. The third-order valence-electron chi connectivity index (χ3n) is 4.23. The summed E-state index contributed by atoms with van der Waals surface area (Å²) in [6.07, 6.45) is 0.703. The Morgan fingerprint density at radius 1 is 1.29 bits per heavy atom. The average molecular weight is 334 g/mol. The Balaban J connectivity index is 1.81. The van der Waals surface area contributed by atoms with Crippen LogP contribution in [0.3, 0.4) is 0 Å². The first-order chi connectivity index (χ1) is 11.4. The highest BCUT2D eigenvalue weighted by Crippen LogP contribution is 2.22. The summed E-state index contributed by atoms with van der Waals surface area (Å²) in [7, 11) is 1.72. The van der Waals surface area contributed by atoms with E-state index < -0.39 is 5.60 Å². The molecule has 0 spiro atoms. The summed E-state index contributed by atoms with van der Waals surface area (Å²) >= 11 is 0. The molecule has 0 saturated carbocycles. The maximum atomic E-state index is 12.2. The summed E-state index contributed by atoms with van der Waals surface area (Å²) in [5, 5.41) is 3.50. The average Bonchev–Trinajstić information content (AvgIpc) is 2.54. The third-order valence-corrected chi connectivity index (χ3v) is 4.23. The quantitative estimate of drug-likeness (QED) is 0.899. The smallest absolute Gasteiger partial charge is 0.410 e. The Morgan fingerprint density at radius 2 is 2.00 bits per heavy atom. The molecule has 2 rings (SSSR count). The van der Waals surface area contributed by atoms with Crippen molar-refractivity contribution < 1.29 is 14.3 Å². The molecule has 1 aromatic rings. The van der Waals surface area contributed by atoms with Crippen LogP contribution in [0.2, 0.25) is 0 Å². The molecule has 0 aromatic heterocycles. The lowest BCUT2D eigenvalue weighted by molar-refractivity contribution is -0.0283. The van der Waals surface area contributed by atoms with E-state index in [0.29, 0.717) is 19.0 Å². The van der Waals surface area contributed by atoms with E-state index in [-0.39, 0.29) is 12.2 Å². The van der Waals surface area contributed by atoms with E-state index in [1.165, 1.54) is 5.56 Å². The predicted molar refractivity (Wildman–Crippen MR) is 94.9 cm³/mol. The summed E-state index contributed by atoms with van der Waals surface area (Å²) in [6, 6.07) is 10.4. The predicted octanol–water partition coefficient (Wildman–Crippen LogP) is 3.05. The number of carbonyl (C=O) groups excluding carboxylic acids is 1. The Hall–Kier alpha value is -1.59. The van der Waals surface area contributed by atoms with Crippen molar-refractivity contribution >= 4 is 6.09 Å². The van der Waals surface area contributed by atoms with Gasteiger partial charge in [-0.1, -0.05) is 30.3 Å². The summed E-state index contributed by atoms with van der Waals surface area (Å²) in [5.41, 5.74) is 0.811. The second-order valence-electron chi connectivity index (χ2n) is 7.37. The van der Waals surface area contributed by atoms with Crippen LogP contribution < -0.4 is 5.32 Å². The van der Waals surface area contributed by atoms with Gasteiger partial charge < -0.3 is 19.7 Å². The highest BCUT2D eigenvalue weighted by Gasteiger charge is 2.33. The molecule has 0 unspecified atom stereocenters. The number of amides is 1. The zero-order valence-electron chi connectivity index (χ0n) is 15.2. The van der Waals surface area contributed by atoms with Crippen LogP contribution in [0.15, 0.2) is 30.3 Å². The van der Waals surface area contributed by atoms with Gasteiger partial charge in [0.05, 0.1) is 12.6 Å². The number of hydrogen-bond acceptors (Lipinski definition) is 4. The van der Waals surface area contributed by atoms with Crippen molar-refractivity contribution in [1.29, 1.82) is 0 Å². The van der Waals surface area contributed by atoms with E-state index in [2.05, 4.69) is 17.4 Å². The molecular weight excluding hydrogens is 304 g/mol. The number of nitrogens with one attached hydrogen (secondary N) is 1. The molecule has 0 bridgehead atoms. The van der Waals surface area contributed by atoms with Gasteiger partial charge in [0.2, 0.25) is 0 Å². The highest BCUT2D eigenvalue weighted by atomic mass is 16.6. The number of nitrogens with zero attached hydrogens (tertiary/aromatic N) is 1. The third kappa shape index (κ3) is 5.80. The SMILES string of the molecule is CO[C@H]1CN(C(=O)OC(C)(C)C)CC[C@@H]1CNCc1ccccc1. The number of piperidine rings is 1. The topological polar surface area (TPSA) is 50.8 Å². The first-order valence-electron chi connectivity index (χ1n) is 8.64. The van der Waals surface area contributed by atoms with Crippen LogP contribution in [-0.2, 0) is 16.0 Å². The fourth-order valence-corrected chi connectivity index (χ4v) is 2.96.